The quantitative estimate of drug-likeness (QED) is 0.847. The van der Waals surface area contributed by atoms with E-state index in [4.69, 9.17) is 9.47 Å². The second-order valence-electron chi connectivity index (χ2n) is 5.97. The summed E-state index contributed by atoms with van der Waals surface area (Å²) in [5.74, 6) is 0.915. The van der Waals surface area contributed by atoms with Gasteiger partial charge in [0.05, 0.1) is 12.2 Å². The summed E-state index contributed by atoms with van der Waals surface area (Å²) in [6.45, 7) is 8.56. The summed E-state index contributed by atoms with van der Waals surface area (Å²) in [6, 6.07) is 7.12. The maximum absolute atomic E-state index is 12.3. The molecule has 1 heterocycles. The van der Waals surface area contributed by atoms with Crippen molar-refractivity contribution in [2.75, 3.05) is 19.7 Å². The highest BCUT2D eigenvalue weighted by molar-refractivity contribution is 5.89. The molecule has 0 aromatic heterocycles. The highest BCUT2D eigenvalue weighted by Crippen LogP contribution is 2.30. The van der Waals surface area contributed by atoms with Crippen LogP contribution < -0.4 is 10.1 Å². The molecule has 116 valence electrons. The highest BCUT2D eigenvalue weighted by Gasteiger charge is 2.34. The van der Waals surface area contributed by atoms with E-state index in [1.165, 1.54) is 0 Å². The molecule has 0 radical (unpaired) electrons. The standard InChI is InChI=1S/C17H25NO3/c1-4-20-15-7-5-13(6-8-15)16(19)21-17(2,3)14-9-11-18-12-10-14/h5-8,14,18H,4,9-12H2,1-3H3. The van der Waals surface area contributed by atoms with Gasteiger partial charge in [-0.15, -0.1) is 0 Å². The van der Waals surface area contributed by atoms with E-state index in [-0.39, 0.29) is 5.97 Å². The summed E-state index contributed by atoms with van der Waals surface area (Å²) in [5, 5.41) is 3.34. The number of hydrogen-bond donors (Lipinski definition) is 1. The molecule has 0 spiro atoms. The van der Waals surface area contributed by atoms with Gasteiger partial charge in [-0.3, -0.25) is 0 Å². The van der Waals surface area contributed by atoms with Gasteiger partial charge < -0.3 is 14.8 Å². The summed E-state index contributed by atoms with van der Waals surface area (Å²) in [7, 11) is 0. The highest BCUT2D eigenvalue weighted by atomic mass is 16.6. The Morgan fingerprint density at radius 3 is 2.43 bits per heavy atom. The van der Waals surface area contributed by atoms with Gasteiger partial charge in [0, 0.05) is 5.92 Å². The molecule has 0 unspecified atom stereocenters. The predicted molar refractivity (Wildman–Crippen MR) is 82.7 cm³/mol. The first-order valence-electron chi connectivity index (χ1n) is 7.70. The van der Waals surface area contributed by atoms with Crippen molar-refractivity contribution in [1.29, 1.82) is 0 Å². The van der Waals surface area contributed by atoms with Crippen molar-refractivity contribution >= 4 is 5.97 Å². The smallest absolute Gasteiger partial charge is 0.338 e. The zero-order valence-electron chi connectivity index (χ0n) is 13.1. The molecule has 21 heavy (non-hydrogen) atoms. The molecule has 1 N–H and O–H groups in total. The SMILES string of the molecule is CCOc1ccc(C(=O)OC(C)(C)C2CCNCC2)cc1. The van der Waals surface area contributed by atoms with Crippen LogP contribution in [0.1, 0.15) is 44.0 Å². The molecule has 0 atom stereocenters. The van der Waals surface area contributed by atoms with E-state index in [2.05, 4.69) is 5.32 Å². The van der Waals surface area contributed by atoms with Crippen LogP contribution in [0.2, 0.25) is 0 Å². The number of esters is 1. The Hall–Kier alpha value is -1.55. The van der Waals surface area contributed by atoms with Gasteiger partial charge in [0.2, 0.25) is 0 Å². The maximum Gasteiger partial charge on any atom is 0.338 e. The minimum Gasteiger partial charge on any atom is -0.494 e. The van der Waals surface area contributed by atoms with Crippen molar-refractivity contribution in [1.82, 2.24) is 5.32 Å². The van der Waals surface area contributed by atoms with Crippen molar-refractivity contribution in [3.63, 3.8) is 0 Å². The van der Waals surface area contributed by atoms with Crippen LogP contribution in [0.3, 0.4) is 0 Å². The van der Waals surface area contributed by atoms with Crippen LogP contribution in [0.5, 0.6) is 5.75 Å². The van der Waals surface area contributed by atoms with E-state index >= 15 is 0 Å². The lowest BCUT2D eigenvalue weighted by Gasteiger charge is -2.36. The lowest BCUT2D eigenvalue weighted by Crippen LogP contribution is -2.42. The van der Waals surface area contributed by atoms with Gasteiger partial charge >= 0.3 is 5.97 Å². The number of benzene rings is 1. The number of nitrogens with one attached hydrogen (secondary N) is 1. The van der Waals surface area contributed by atoms with E-state index in [0.29, 0.717) is 18.1 Å². The fourth-order valence-corrected chi connectivity index (χ4v) is 2.75. The first-order valence-corrected chi connectivity index (χ1v) is 7.70. The Morgan fingerprint density at radius 1 is 1.24 bits per heavy atom. The average molecular weight is 291 g/mol. The average Bonchev–Trinajstić information content (AvgIpc) is 2.49. The van der Waals surface area contributed by atoms with Crippen LogP contribution in [0.4, 0.5) is 0 Å². The molecule has 1 aromatic carbocycles. The topological polar surface area (TPSA) is 47.6 Å². The molecule has 0 saturated carbocycles. The Bertz CT molecular complexity index is 461. The molecule has 2 rings (SSSR count). The summed E-state index contributed by atoms with van der Waals surface area (Å²) in [4.78, 5) is 12.3. The maximum atomic E-state index is 12.3. The van der Waals surface area contributed by atoms with Crippen LogP contribution in [0.15, 0.2) is 24.3 Å². The van der Waals surface area contributed by atoms with Crippen molar-refractivity contribution in [2.24, 2.45) is 5.92 Å². The molecule has 1 saturated heterocycles. The summed E-state index contributed by atoms with van der Waals surface area (Å²) < 4.78 is 11.1. The second-order valence-corrected chi connectivity index (χ2v) is 5.97. The van der Waals surface area contributed by atoms with Crippen LogP contribution in [-0.2, 0) is 4.74 Å². The monoisotopic (exact) mass is 291 g/mol. The van der Waals surface area contributed by atoms with Crippen molar-refractivity contribution < 1.29 is 14.3 Å². The molecule has 4 heteroatoms. The lowest BCUT2D eigenvalue weighted by atomic mass is 9.83. The number of hydrogen-bond acceptors (Lipinski definition) is 4. The largest absolute Gasteiger partial charge is 0.494 e. The minimum absolute atomic E-state index is 0.262. The first kappa shape index (κ1) is 15.8. The van der Waals surface area contributed by atoms with Crippen LogP contribution in [0.25, 0.3) is 0 Å². The van der Waals surface area contributed by atoms with Gasteiger partial charge in [-0.05, 0) is 71.0 Å². The number of carbonyl (C=O) groups excluding carboxylic acids is 1. The van der Waals surface area contributed by atoms with Crippen LogP contribution in [-0.4, -0.2) is 31.3 Å². The van der Waals surface area contributed by atoms with E-state index in [9.17, 15) is 4.79 Å². The summed E-state index contributed by atoms with van der Waals surface area (Å²) in [6.07, 6.45) is 2.09. The van der Waals surface area contributed by atoms with E-state index in [1.807, 2.05) is 20.8 Å². The third kappa shape index (κ3) is 4.21. The molecule has 1 aliphatic heterocycles. The van der Waals surface area contributed by atoms with Crippen molar-refractivity contribution in [3.05, 3.63) is 29.8 Å². The Morgan fingerprint density at radius 2 is 1.86 bits per heavy atom. The van der Waals surface area contributed by atoms with Crippen LogP contribution in [0, 0.1) is 5.92 Å². The number of carbonyl (C=O) groups is 1. The molecular formula is C17H25NO3. The lowest BCUT2D eigenvalue weighted by molar-refractivity contribution is -0.0368. The molecule has 4 nitrogen and oxygen atoms in total. The van der Waals surface area contributed by atoms with Gasteiger partial charge in [0.25, 0.3) is 0 Å². The van der Waals surface area contributed by atoms with Gasteiger partial charge in [-0.25, -0.2) is 4.79 Å². The number of rotatable bonds is 5. The third-order valence-electron chi connectivity index (χ3n) is 4.08. The Labute approximate surface area is 126 Å². The second kappa shape index (κ2) is 6.94. The van der Waals surface area contributed by atoms with Gasteiger partial charge in [-0.1, -0.05) is 0 Å². The molecule has 0 amide bonds. The van der Waals surface area contributed by atoms with Gasteiger partial charge in [0.1, 0.15) is 11.4 Å². The minimum atomic E-state index is -0.433. The fourth-order valence-electron chi connectivity index (χ4n) is 2.75. The molecule has 1 aromatic rings. The van der Waals surface area contributed by atoms with E-state index in [1.54, 1.807) is 24.3 Å². The molecule has 0 aliphatic carbocycles. The Kier molecular flexibility index (Phi) is 5.23. The molecule has 1 fully saturated rings. The number of ether oxygens (including phenoxy) is 2. The Balaban J connectivity index is 1.99. The van der Waals surface area contributed by atoms with Crippen molar-refractivity contribution in [3.8, 4) is 5.75 Å². The molecule has 0 bridgehead atoms. The zero-order chi connectivity index (χ0) is 15.3. The molecule has 1 aliphatic rings. The summed E-state index contributed by atoms with van der Waals surface area (Å²) in [5.41, 5.74) is 0.137. The van der Waals surface area contributed by atoms with Gasteiger partial charge in [0.15, 0.2) is 0 Å². The zero-order valence-corrected chi connectivity index (χ0v) is 13.1. The summed E-state index contributed by atoms with van der Waals surface area (Å²) >= 11 is 0. The van der Waals surface area contributed by atoms with Crippen LogP contribution >= 0.6 is 0 Å². The molecular weight excluding hydrogens is 266 g/mol. The van der Waals surface area contributed by atoms with E-state index < -0.39 is 5.60 Å². The number of piperidine rings is 1. The normalized spacial score (nSPS) is 16.5. The third-order valence-corrected chi connectivity index (χ3v) is 4.08. The predicted octanol–water partition coefficient (Wildman–Crippen LogP) is 3.02. The van der Waals surface area contributed by atoms with Gasteiger partial charge in [-0.2, -0.15) is 0 Å². The first-order chi connectivity index (χ1) is 10.0. The van der Waals surface area contributed by atoms with Crippen molar-refractivity contribution in [2.45, 2.75) is 39.2 Å². The fraction of sp³-hybridized carbons (Fsp3) is 0.588. The van der Waals surface area contributed by atoms with E-state index in [0.717, 1.165) is 31.7 Å².